The predicted octanol–water partition coefficient (Wildman–Crippen LogP) is 3.06. The number of hydrogen-bond donors (Lipinski definition) is 1. The molecule has 28 heavy (non-hydrogen) atoms. The van der Waals surface area contributed by atoms with E-state index in [0.29, 0.717) is 24.8 Å². The lowest BCUT2D eigenvalue weighted by Crippen LogP contribution is -2.35. The average molecular weight is 407 g/mol. The van der Waals surface area contributed by atoms with E-state index >= 15 is 0 Å². The highest BCUT2D eigenvalue weighted by Gasteiger charge is 2.29. The average Bonchev–Trinajstić information content (AvgIpc) is 3.10. The molecule has 2 N–H and O–H groups in total. The summed E-state index contributed by atoms with van der Waals surface area (Å²) >= 11 is 6.35. The third kappa shape index (κ3) is 3.05. The first-order valence-corrected chi connectivity index (χ1v) is 9.18. The standard InChI is InChI=1S/C18H17ClF2N6O/c1-9-2-4-26(5-3-9)17-14(15(19)25-18-23-8-24-27(17)18)13-11(20)6-10(16(22)28)7-12(13)21/h6-9H,2-5H2,1H3,(H2,22,28). The molecule has 1 aliphatic heterocycles. The Balaban J connectivity index is 1.98. The molecule has 7 nitrogen and oxygen atoms in total. The van der Waals surface area contributed by atoms with E-state index in [0.717, 1.165) is 25.0 Å². The van der Waals surface area contributed by atoms with Gasteiger partial charge in [0, 0.05) is 18.7 Å². The Kier molecular flexibility index (Phi) is 4.62. The van der Waals surface area contributed by atoms with Crippen LogP contribution < -0.4 is 10.6 Å². The number of benzene rings is 1. The van der Waals surface area contributed by atoms with Crippen LogP contribution in [0, 0.1) is 17.6 Å². The molecule has 0 bridgehead atoms. The highest BCUT2D eigenvalue weighted by molar-refractivity contribution is 6.33. The summed E-state index contributed by atoms with van der Waals surface area (Å²) in [5.74, 6) is -1.63. The van der Waals surface area contributed by atoms with Gasteiger partial charge in [-0.25, -0.2) is 8.78 Å². The molecule has 1 fully saturated rings. The molecule has 3 aromatic rings. The number of carbonyl (C=O) groups is 1. The van der Waals surface area contributed by atoms with Gasteiger partial charge in [-0.05, 0) is 30.9 Å². The van der Waals surface area contributed by atoms with E-state index in [9.17, 15) is 13.6 Å². The molecule has 0 spiro atoms. The molecule has 2 aromatic heterocycles. The molecular formula is C18H17ClF2N6O. The minimum absolute atomic E-state index is 0.0697. The number of primary amides is 1. The number of rotatable bonds is 3. The van der Waals surface area contributed by atoms with Gasteiger partial charge in [0.05, 0.1) is 11.1 Å². The fourth-order valence-electron chi connectivity index (χ4n) is 3.48. The molecule has 0 atom stereocenters. The largest absolute Gasteiger partial charge is 0.366 e. The summed E-state index contributed by atoms with van der Waals surface area (Å²) in [6, 6.07) is 1.79. The quantitative estimate of drug-likeness (QED) is 0.675. The van der Waals surface area contributed by atoms with Gasteiger partial charge in [-0.2, -0.15) is 19.6 Å². The van der Waals surface area contributed by atoms with E-state index < -0.39 is 17.5 Å². The third-order valence-corrected chi connectivity index (χ3v) is 5.29. The van der Waals surface area contributed by atoms with Crippen molar-refractivity contribution in [2.24, 2.45) is 11.7 Å². The Hall–Kier alpha value is -2.81. The zero-order chi connectivity index (χ0) is 20.0. The second-order valence-corrected chi connectivity index (χ2v) is 7.28. The molecule has 146 valence electrons. The lowest BCUT2D eigenvalue weighted by molar-refractivity contribution is 0.0999. The van der Waals surface area contributed by atoms with Crippen molar-refractivity contribution < 1.29 is 13.6 Å². The van der Waals surface area contributed by atoms with Gasteiger partial charge in [0.1, 0.15) is 28.9 Å². The molecule has 4 rings (SSSR count). The van der Waals surface area contributed by atoms with E-state index in [4.69, 9.17) is 17.3 Å². The summed E-state index contributed by atoms with van der Waals surface area (Å²) in [5.41, 5.74) is 4.57. The van der Waals surface area contributed by atoms with Gasteiger partial charge < -0.3 is 10.6 Å². The van der Waals surface area contributed by atoms with Gasteiger partial charge >= 0.3 is 0 Å². The van der Waals surface area contributed by atoms with Crippen LogP contribution in [-0.2, 0) is 0 Å². The number of hydrogen-bond acceptors (Lipinski definition) is 5. The molecule has 0 saturated carbocycles. The molecule has 0 unspecified atom stereocenters. The Labute approximate surface area is 164 Å². The van der Waals surface area contributed by atoms with Gasteiger partial charge in [-0.1, -0.05) is 18.5 Å². The maximum Gasteiger partial charge on any atom is 0.255 e. The number of piperidine rings is 1. The fraction of sp³-hybridized carbons (Fsp3) is 0.333. The van der Waals surface area contributed by atoms with Gasteiger partial charge in [0.15, 0.2) is 0 Å². The highest BCUT2D eigenvalue weighted by atomic mass is 35.5. The van der Waals surface area contributed by atoms with Crippen molar-refractivity contribution >= 4 is 29.1 Å². The van der Waals surface area contributed by atoms with Crippen LogP contribution in [0.2, 0.25) is 5.15 Å². The maximum absolute atomic E-state index is 14.9. The number of nitrogens with two attached hydrogens (primary N) is 1. The van der Waals surface area contributed by atoms with Crippen LogP contribution in [0.4, 0.5) is 14.6 Å². The number of amides is 1. The van der Waals surface area contributed by atoms with Gasteiger partial charge in [-0.3, -0.25) is 4.79 Å². The lowest BCUT2D eigenvalue weighted by Gasteiger charge is -2.33. The normalized spacial score (nSPS) is 15.4. The van der Waals surface area contributed by atoms with E-state index in [-0.39, 0.29) is 27.6 Å². The van der Waals surface area contributed by atoms with Crippen molar-refractivity contribution in [1.82, 2.24) is 19.6 Å². The van der Waals surface area contributed by atoms with Crippen molar-refractivity contribution in [2.45, 2.75) is 19.8 Å². The first-order valence-electron chi connectivity index (χ1n) is 8.80. The summed E-state index contributed by atoms with van der Waals surface area (Å²) in [6.07, 6.45) is 3.14. The van der Waals surface area contributed by atoms with Crippen molar-refractivity contribution in [3.8, 4) is 11.1 Å². The second kappa shape index (κ2) is 6.97. The Morgan fingerprint density at radius 3 is 2.46 bits per heavy atom. The van der Waals surface area contributed by atoms with Crippen LogP contribution in [0.3, 0.4) is 0 Å². The monoisotopic (exact) mass is 406 g/mol. The van der Waals surface area contributed by atoms with Crippen molar-refractivity contribution in [3.05, 3.63) is 40.8 Å². The third-order valence-electron chi connectivity index (χ3n) is 5.02. The number of nitrogens with zero attached hydrogens (tertiary/aromatic N) is 5. The SMILES string of the molecule is CC1CCN(c2c(-c3c(F)cc(C(N)=O)cc3F)c(Cl)nc3ncnn23)CC1. The Morgan fingerprint density at radius 2 is 1.86 bits per heavy atom. The first-order chi connectivity index (χ1) is 13.4. The van der Waals surface area contributed by atoms with Crippen LogP contribution in [0.1, 0.15) is 30.1 Å². The topological polar surface area (TPSA) is 89.4 Å². The summed E-state index contributed by atoms with van der Waals surface area (Å²) in [7, 11) is 0. The van der Waals surface area contributed by atoms with Crippen LogP contribution in [0.5, 0.6) is 0 Å². The fourth-order valence-corrected chi connectivity index (χ4v) is 3.74. The summed E-state index contributed by atoms with van der Waals surface area (Å²) < 4.78 is 31.2. The minimum Gasteiger partial charge on any atom is -0.366 e. The van der Waals surface area contributed by atoms with Gasteiger partial charge in [0.25, 0.3) is 5.78 Å². The summed E-state index contributed by atoms with van der Waals surface area (Å²) in [6.45, 7) is 3.50. The number of anilines is 1. The van der Waals surface area contributed by atoms with Crippen molar-refractivity contribution in [1.29, 1.82) is 0 Å². The van der Waals surface area contributed by atoms with Crippen LogP contribution in [0.15, 0.2) is 18.5 Å². The van der Waals surface area contributed by atoms with Crippen molar-refractivity contribution in [2.75, 3.05) is 18.0 Å². The van der Waals surface area contributed by atoms with Crippen LogP contribution in [-0.4, -0.2) is 38.6 Å². The molecular weight excluding hydrogens is 390 g/mol. The molecule has 1 saturated heterocycles. The number of fused-ring (bicyclic) bond motifs is 1. The molecule has 0 radical (unpaired) electrons. The second-order valence-electron chi connectivity index (χ2n) is 6.92. The van der Waals surface area contributed by atoms with Gasteiger partial charge in [-0.15, -0.1) is 0 Å². The van der Waals surface area contributed by atoms with Crippen LogP contribution >= 0.6 is 11.6 Å². The van der Waals surface area contributed by atoms with Crippen LogP contribution in [0.25, 0.3) is 16.9 Å². The molecule has 1 amide bonds. The number of aromatic nitrogens is 4. The Morgan fingerprint density at radius 1 is 1.21 bits per heavy atom. The van der Waals surface area contributed by atoms with E-state index in [2.05, 4.69) is 22.0 Å². The molecule has 0 aliphatic carbocycles. The Bertz CT molecular complexity index is 1050. The number of carbonyl (C=O) groups excluding carboxylic acids is 1. The van der Waals surface area contributed by atoms with Gasteiger partial charge in [0.2, 0.25) is 5.91 Å². The highest BCUT2D eigenvalue weighted by Crippen LogP contribution is 2.40. The molecule has 1 aromatic carbocycles. The van der Waals surface area contributed by atoms with Crippen molar-refractivity contribution in [3.63, 3.8) is 0 Å². The zero-order valence-electron chi connectivity index (χ0n) is 15.0. The first kappa shape index (κ1) is 18.5. The molecule has 1 aliphatic rings. The molecule has 3 heterocycles. The lowest BCUT2D eigenvalue weighted by atomic mass is 9.98. The summed E-state index contributed by atoms with van der Waals surface area (Å²) in [5, 5.41) is 4.07. The number of halogens is 3. The predicted molar refractivity (Wildman–Crippen MR) is 100 cm³/mol. The van der Waals surface area contributed by atoms with E-state index in [1.165, 1.54) is 10.8 Å². The smallest absolute Gasteiger partial charge is 0.255 e. The molecule has 10 heteroatoms. The zero-order valence-corrected chi connectivity index (χ0v) is 15.7. The van der Waals surface area contributed by atoms with E-state index in [1.807, 2.05) is 4.90 Å². The minimum atomic E-state index is -0.955. The van der Waals surface area contributed by atoms with E-state index in [1.54, 1.807) is 0 Å². The maximum atomic E-state index is 14.9. The summed E-state index contributed by atoms with van der Waals surface area (Å²) in [4.78, 5) is 21.5.